The van der Waals surface area contributed by atoms with Crippen LogP contribution in [0.4, 0.5) is 0 Å². The van der Waals surface area contributed by atoms with Gasteiger partial charge in [-0.1, -0.05) is 0 Å². The van der Waals surface area contributed by atoms with Crippen LogP contribution in [-0.4, -0.2) is 48.7 Å². The lowest BCUT2D eigenvalue weighted by molar-refractivity contribution is -0.110. The van der Waals surface area contributed by atoms with Crippen molar-refractivity contribution in [2.45, 2.75) is 18.9 Å². The van der Waals surface area contributed by atoms with Crippen molar-refractivity contribution in [2.75, 3.05) is 26.2 Å². The van der Waals surface area contributed by atoms with Crippen LogP contribution in [0.5, 0.6) is 0 Å². The summed E-state index contributed by atoms with van der Waals surface area (Å²) in [6.07, 6.45) is 2.66. The third kappa shape index (κ3) is 3.19. The summed E-state index contributed by atoms with van der Waals surface area (Å²) < 4.78 is 0. The van der Waals surface area contributed by atoms with Crippen molar-refractivity contribution in [1.29, 1.82) is 0 Å². The Kier molecular flexibility index (Phi) is 4.04. The van der Waals surface area contributed by atoms with Gasteiger partial charge in [-0.25, -0.2) is 0 Å². The number of likely N-dealkylation sites (tertiary alicyclic amines) is 1. The molecule has 0 saturated carbocycles. The van der Waals surface area contributed by atoms with E-state index in [1.54, 1.807) is 0 Å². The zero-order chi connectivity index (χ0) is 8.81. The summed E-state index contributed by atoms with van der Waals surface area (Å²) >= 11 is 0. The summed E-state index contributed by atoms with van der Waals surface area (Å²) in [5.74, 6) is 0. The molecule has 1 unspecified atom stereocenters. The van der Waals surface area contributed by atoms with E-state index < -0.39 is 6.10 Å². The van der Waals surface area contributed by atoms with Gasteiger partial charge in [0, 0.05) is 13.1 Å². The highest BCUT2D eigenvalue weighted by Crippen LogP contribution is 2.07. The number of carbonyl (C=O) groups excluding carboxylic acids is 1. The molecular formula is C8H16N2O2. The number of hydrogen-bond acceptors (Lipinski definition) is 3. The molecule has 0 aromatic heterocycles. The van der Waals surface area contributed by atoms with Crippen molar-refractivity contribution < 1.29 is 9.90 Å². The fourth-order valence-corrected chi connectivity index (χ4v) is 1.51. The third-order valence-electron chi connectivity index (χ3n) is 2.10. The molecule has 4 nitrogen and oxygen atoms in total. The van der Waals surface area contributed by atoms with E-state index in [1.165, 1.54) is 12.8 Å². The fraction of sp³-hybridized carbons (Fsp3) is 0.875. The average Bonchev–Trinajstić information content (AvgIpc) is 2.53. The monoisotopic (exact) mass is 172 g/mol. The van der Waals surface area contributed by atoms with Crippen molar-refractivity contribution in [3.05, 3.63) is 0 Å². The van der Waals surface area contributed by atoms with Crippen LogP contribution in [0.2, 0.25) is 0 Å². The lowest BCUT2D eigenvalue weighted by Gasteiger charge is -2.18. The van der Waals surface area contributed by atoms with E-state index in [0.29, 0.717) is 19.5 Å². The lowest BCUT2D eigenvalue weighted by atomic mass is 10.3. The van der Waals surface area contributed by atoms with E-state index in [2.05, 4.69) is 10.2 Å². The van der Waals surface area contributed by atoms with Gasteiger partial charge in [0.2, 0.25) is 6.41 Å². The molecule has 1 saturated heterocycles. The molecule has 1 rings (SSSR count). The second-order valence-electron chi connectivity index (χ2n) is 3.19. The van der Waals surface area contributed by atoms with Crippen LogP contribution >= 0.6 is 0 Å². The first-order valence-electron chi connectivity index (χ1n) is 4.40. The third-order valence-corrected chi connectivity index (χ3v) is 2.10. The normalized spacial score (nSPS) is 20.8. The minimum Gasteiger partial charge on any atom is -0.390 e. The molecule has 1 aliphatic rings. The summed E-state index contributed by atoms with van der Waals surface area (Å²) in [5.41, 5.74) is 0. The van der Waals surface area contributed by atoms with Gasteiger partial charge in [-0.15, -0.1) is 0 Å². The molecule has 1 atom stereocenters. The van der Waals surface area contributed by atoms with Crippen molar-refractivity contribution in [3.8, 4) is 0 Å². The van der Waals surface area contributed by atoms with E-state index in [1.807, 2.05) is 0 Å². The van der Waals surface area contributed by atoms with E-state index in [-0.39, 0.29) is 0 Å². The average molecular weight is 172 g/mol. The molecule has 1 aliphatic heterocycles. The van der Waals surface area contributed by atoms with E-state index in [0.717, 1.165) is 13.1 Å². The summed E-state index contributed by atoms with van der Waals surface area (Å²) in [6.45, 7) is 3.21. The Morgan fingerprint density at radius 1 is 1.50 bits per heavy atom. The number of rotatable bonds is 5. The standard InChI is InChI=1S/C8H16N2O2/c11-7-9-5-8(12)6-10-3-1-2-4-10/h7-8,12H,1-6H2,(H,9,11). The van der Waals surface area contributed by atoms with Gasteiger partial charge < -0.3 is 15.3 Å². The molecule has 0 bridgehead atoms. The largest absolute Gasteiger partial charge is 0.390 e. The van der Waals surface area contributed by atoms with Crippen molar-refractivity contribution in [1.82, 2.24) is 10.2 Å². The summed E-state index contributed by atoms with van der Waals surface area (Å²) in [7, 11) is 0. The Morgan fingerprint density at radius 2 is 2.17 bits per heavy atom. The van der Waals surface area contributed by atoms with Gasteiger partial charge in [-0.05, 0) is 25.9 Å². The number of aliphatic hydroxyl groups is 1. The molecule has 1 fully saturated rings. The Morgan fingerprint density at radius 3 is 2.75 bits per heavy atom. The number of nitrogens with one attached hydrogen (secondary N) is 1. The quantitative estimate of drug-likeness (QED) is 0.533. The number of amides is 1. The van der Waals surface area contributed by atoms with Crippen molar-refractivity contribution in [2.24, 2.45) is 0 Å². The fourth-order valence-electron chi connectivity index (χ4n) is 1.51. The van der Waals surface area contributed by atoms with Gasteiger partial charge in [0.25, 0.3) is 0 Å². The van der Waals surface area contributed by atoms with E-state index in [4.69, 9.17) is 0 Å². The molecule has 12 heavy (non-hydrogen) atoms. The first-order valence-corrected chi connectivity index (χ1v) is 4.40. The predicted octanol–water partition coefficient (Wildman–Crippen LogP) is -0.811. The number of hydrogen-bond donors (Lipinski definition) is 2. The second kappa shape index (κ2) is 5.11. The summed E-state index contributed by atoms with van der Waals surface area (Å²) in [4.78, 5) is 12.1. The van der Waals surface area contributed by atoms with Crippen LogP contribution in [0.1, 0.15) is 12.8 Å². The Bertz CT molecular complexity index is 135. The molecule has 0 aromatic carbocycles. The van der Waals surface area contributed by atoms with Crippen LogP contribution in [0.15, 0.2) is 0 Å². The van der Waals surface area contributed by atoms with Gasteiger partial charge in [-0.2, -0.15) is 0 Å². The topological polar surface area (TPSA) is 52.6 Å². The van der Waals surface area contributed by atoms with Crippen molar-refractivity contribution in [3.63, 3.8) is 0 Å². The highest BCUT2D eigenvalue weighted by atomic mass is 16.3. The van der Waals surface area contributed by atoms with Crippen LogP contribution in [0.25, 0.3) is 0 Å². The number of aliphatic hydroxyl groups excluding tert-OH is 1. The smallest absolute Gasteiger partial charge is 0.207 e. The Balaban J connectivity index is 2.07. The Hall–Kier alpha value is -0.610. The minimum atomic E-state index is -0.423. The molecular weight excluding hydrogens is 156 g/mol. The molecule has 1 amide bonds. The number of carbonyl (C=O) groups is 1. The zero-order valence-corrected chi connectivity index (χ0v) is 7.20. The second-order valence-corrected chi connectivity index (χ2v) is 3.19. The highest BCUT2D eigenvalue weighted by molar-refractivity contribution is 5.45. The van der Waals surface area contributed by atoms with Gasteiger partial charge in [0.1, 0.15) is 0 Å². The van der Waals surface area contributed by atoms with Crippen LogP contribution < -0.4 is 5.32 Å². The molecule has 0 aromatic rings. The zero-order valence-electron chi connectivity index (χ0n) is 7.20. The number of nitrogens with zero attached hydrogens (tertiary/aromatic N) is 1. The molecule has 4 heteroatoms. The maximum absolute atomic E-state index is 9.91. The molecule has 2 N–H and O–H groups in total. The van der Waals surface area contributed by atoms with Gasteiger partial charge in [-0.3, -0.25) is 4.79 Å². The lowest BCUT2D eigenvalue weighted by Crippen LogP contribution is -2.36. The van der Waals surface area contributed by atoms with Crippen LogP contribution in [-0.2, 0) is 4.79 Å². The predicted molar refractivity (Wildman–Crippen MR) is 45.7 cm³/mol. The molecule has 0 spiro atoms. The minimum absolute atomic E-state index is 0.361. The van der Waals surface area contributed by atoms with Crippen molar-refractivity contribution >= 4 is 6.41 Å². The van der Waals surface area contributed by atoms with Gasteiger partial charge in [0.15, 0.2) is 0 Å². The molecule has 0 radical (unpaired) electrons. The van der Waals surface area contributed by atoms with E-state index in [9.17, 15) is 9.90 Å². The molecule has 70 valence electrons. The highest BCUT2D eigenvalue weighted by Gasteiger charge is 2.14. The Labute approximate surface area is 72.6 Å². The van der Waals surface area contributed by atoms with Gasteiger partial charge >= 0.3 is 0 Å². The maximum Gasteiger partial charge on any atom is 0.207 e. The summed E-state index contributed by atoms with van der Waals surface area (Å²) in [6, 6.07) is 0. The number of β-amino-alcohol motifs (C(OH)–C–C–N with tert-alkyl or cyclic N) is 1. The van der Waals surface area contributed by atoms with Crippen LogP contribution in [0.3, 0.4) is 0 Å². The maximum atomic E-state index is 9.91. The SMILES string of the molecule is O=CNCC(O)CN1CCCC1. The first-order chi connectivity index (χ1) is 5.83. The van der Waals surface area contributed by atoms with Crippen LogP contribution in [0, 0.1) is 0 Å². The van der Waals surface area contributed by atoms with Gasteiger partial charge in [0.05, 0.1) is 6.10 Å². The molecule has 0 aliphatic carbocycles. The van der Waals surface area contributed by atoms with E-state index >= 15 is 0 Å². The summed E-state index contributed by atoms with van der Waals surface area (Å²) in [5, 5.41) is 11.8. The first kappa shape index (κ1) is 9.48. The molecule has 1 heterocycles.